The molecule has 0 bridgehead atoms. The summed E-state index contributed by atoms with van der Waals surface area (Å²) in [6.45, 7) is 2.61. The highest BCUT2D eigenvalue weighted by atomic mass is 15.3. The maximum Gasteiger partial charge on any atom is 0.0633 e. The summed E-state index contributed by atoms with van der Waals surface area (Å²) in [5, 5.41) is 5.54. The molecule has 12 unspecified atom stereocenters. The molecule has 0 spiro atoms. The molecule has 0 aromatic heterocycles. The minimum absolute atomic E-state index is 0.190. The molecule has 5 aromatic carbocycles. The van der Waals surface area contributed by atoms with Crippen molar-refractivity contribution in [2.45, 2.75) is 74.9 Å². The van der Waals surface area contributed by atoms with Crippen molar-refractivity contribution in [2.24, 2.45) is 35.5 Å². The van der Waals surface area contributed by atoms with E-state index in [1.165, 1.54) is 89.6 Å². The van der Waals surface area contributed by atoms with Crippen LogP contribution in [0.2, 0.25) is 0 Å². The number of allylic oxidation sites excluding steroid dienone is 16. The molecule has 2 aliphatic heterocycles. The number of nitrogens with zero attached hydrogens (tertiary/aromatic N) is 2. The van der Waals surface area contributed by atoms with E-state index < -0.39 is 0 Å². The van der Waals surface area contributed by atoms with Crippen molar-refractivity contribution >= 4 is 44.7 Å². The highest BCUT2D eigenvalue weighted by Gasteiger charge is 2.54. The third kappa shape index (κ3) is 5.62. The highest BCUT2D eigenvalue weighted by molar-refractivity contribution is 6.04. The second kappa shape index (κ2) is 15.1. The van der Waals surface area contributed by atoms with Crippen LogP contribution in [0.25, 0.3) is 27.6 Å². The molecule has 2 nitrogen and oxygen atoms in total. The lowest BCUT2D eigenvalue weighted by Crippen LogP contribution is -2.45. The minimum Gasteiger partial charge on any atom is -0.360 e. The van der Waals surface area contributed by atoms with Gasteiger partial charge in [0.25, 0.3) is 0 Å². The fourth-order valence-electron chi connectivity index (χ4n) is 16.1. The van der Waals surface area contributed by atoms with Gasteiger partial charge in [-0.1, -0.05) is 195 Å². The molecule has 11 aliphatic rings. The Morgan fingerprint density at radius 3 is 2.34 bits per heavy atom. The van der Waals surface area contributed by atoms with Crippen LogP contribution in [0.4, 0.5) is 17.1 Å². The van der Waals surface area contributed by atoms with Gasteiger partial charge in [-0.05, 0) is 146 Å². The van der Waals surface area contributed by atoms with E-state index in [4.69, 9.17) is 0 Å². The van der Waals surface area contributed by atoms with E-state index in [9.17, 15) is 0 Å². The lowest BCUT2D eigenvalue weighted by atomic mass is 9.71. The zero-order chi connectivity index (χ0) is 45.8. The van der Waals surface area contributed by atoms with Crippen LogP contribution in [0.15, 0.2) is 222 Å². The first-order valence-electron chi connectivity index (χ1n) is 26.7. The number of hydrogen-bond donors (Lipinski definition) is 0. The minimum atomic E-state index is 0.190. The summed E-state index contributed by atoms with van der Waals surface area (Å²) in [6, 6.07) is 33.7. The smallest absolute Gasteiger partial charge is 0.0633 e. The van der Waals surface area contributed by atoms with Crippen molar-refractivity contribution < 1.29 is 0 Å². The second-order valence-electron chi connectivity index (χ2n) is 22.4. The Kier molecular flexibility index (Phi) is 8.58. The van der Waals surface area contributed by atoms with Crippen LogP contribution in [-0.4, -0.2) is 18.1 Å². The summed E-state index contributed by atoms with van der Waals surface area (Å²) in [6.07, 6.45) is 52.8. The van der Waals surface area contributed by atoms with Crippen LogP contribution < -0.4 is 9.80 Å². The van der Waals surface area contributed by atoms with Crippen LogP contribution in [0.5, 0.6) is 0 Å². The van der Waals surface area contributed by atoms with E-state index in [2.05, 4.69) is 217 Å². The monoisotopic (exact) mass is 902 g/mol. The van der Waals surface area contributed by atoms with Crippen LogP contribution in [-0.2, 0) is 6.42 Å². The predicted octanol–water partition coefficient (Wildman–Crippen LogP) is 15.9. The number of rotatable bonds is 5. The maximum atomic E-state index is 2.91. The predicted molar refractivity (Wildman–Crippen MR) is 292 cm³/mol. The maximum absolute atomic E-state index is 2.91. The van der Waals surface area contributed by atoms with Crippen LogP contribution in [0.3, 0.4) is 0 Å². The van der Waals surface area contributed by atoms with Gasteiger partial charge in [0.05, 0.1) is 17.8 Å². The molecule has 9 aliphatic carbocycles. The molecule has 2 heteroatoms. The summed E-state index contributed by atoms with van der Waals surface area (Å²) >= 11 is 0. The van der Waals surface area contributed by atoms with Gasteiger partial charge >= 0.3 is 0 Å². The van der Waals surface area contributed by atoms with E-state index in [-0.39, 0.29) is 18.0 Å². The van der Waals surface area contributed by atoms with Crippen molar-refractivity contribution in [1.82, 2.24) is 0 Å². The standard InChI is InChI=1S/C68H58N2/c1-40-55(38-56(41-16-3-2-4-17-41)57-39-60(57)66(40)59-35-44-18-5-7-22-46(44)48-27-14-28-50(48)59)51-32-33-63(52-25-10-9-24-49(51)52)69-62-31-15-29-54(62)67-65(69)37-45-19-6-8-23-47(45)68(67)70-61-30-12-11-26-53(61)58-34-42-20-13-21-43(42)36-64(58)70/h2-16,18-20,22-26,28-30,32-38,40-41,52,54,56-58,60,62-64,66H,17,21,27,31,39H2,1H3. The highest BCUT2D eigenvalue weighted by Crippen LogP contribution is 2.64. The molecule has 16 rings (SSSR count). The third-order valence-electron chi connectivity index (χ3n) is 19.1. The Hall–Kier alpha value is -6.90. The molecule has 1 fully saturated rings. The van der Waals surface area contributed by atoms with Gasteiger partial charge in [0.2, 0.25) is 0 Å². The molecule has 0 saturated heterocycles. The summed E-state index contributed by atoms with van der Waals surface area (Å²) in [5.41, 5.74) is 19.3. The van der Waals surface area contributed by atoms with E-state index in [0.29, 0.717) is 53.4 Å². The van der Waals surface area contributed by atoms with Crippen molar-refractivity contribution in [2.75, 3.05) is 9.80 Å². The summed E-state index contributed by atoms with van der Waals surface area (Å²) in [7, 11) is 0. The van der Waals surface area contributed by atoms with Crippen LogP contribution in [0.1, 0.15) is 78.2 Å². The quantitative estimate of drug-likeness (QED) is 0.162. The molecule has 5 aromatic rings. The zero-order valence-electron chi connectivity index (χ0n) is 39.9. The molecule has 0 amide bonds. The van der Waals surface area contributed by atoms with Gasteiger partial charge in [-0.3, -0.25) is 0 Å². The number of fused-ring (bicyclic) bond motifs is 13. The number of hydrogen-bond acceptors (Lipinski definition) is 2. The largest absolute Gasteiger partial charge is 0.360 e. The molecule has 12 atom stereocenters. The lowest BCUT2D eigenvalue weighted by molar-refractivity contribution is 0.387. The average Bonchev–Trinajstić information content (AvgIpc) is 3.94. The number of para-hydroxylation sites is 1. The van der Waals surface area contributed by atoms with Gasteiger partial charge in [-0.15, -0.1) is 0 Å². The van der Waals surface area contributed by atoms with E-state index in [1.807, 2.05) is 0 Å². The van der Waals surface area contributed by atoms with Gasteiger partial charge in [0.1, 0.15) is 0 Å². The van der Waals surface area contributed by atoms with Gasteiger partial charge in [0, 0.05) is 46.1 Å². The topological polar surface area (TPSA) is 6.48 Å². The van der Waals surface area contributed by atoms with Gasteiger partial charge in [0.15, 0.2) is 0 Å². The Morgan fingerprint density at radius 2 is 1.43 bits per heavy atom. The zero-order valence-corrected chi connectivity index (χ0v) is 39.9. The molecule has 70 heavy (non-hydrogen) atoms. The molecule has 2 heterocycles. The number of benzene rings is 5. The Morgan fingerprint density at radius 1 is 0.586 bits per heavy atom. The Bertz CT molecular complexity index is 3530. The molecule has 0 radical (unpaired) electrons. The third-order valence-corrected chi connectivity index (χ3v) is 19.1. The summed E-state index contributed by atoms with van der Waals surface area (Å²) < 4.78 is 0. The number of anilines is 3. The normalized spacial score (nSPS) is 32.9. The first kappa shape index (κ1) is 39.9. The Balaban J connectivity index is 0.841. The van der Waals surface area contributed by atoms with Gasteiger partial charge in [-0.25, -0.2) is 0 Å². The van der Waals surface area contributed by atoms with Crippen molar-refractivity contribution in [3.05, 3.63) is 250 Å². The first-order chi connectivity index (χ1) is 34.7. The summed E-state index contributed by atoms with van der Waals surface area (Å²) in [4.78, 5) is 5.69. The van der Waals surface area contributed by atoms with Gasteiger partial charge in [-0.2, -0.15) is 0 Å². The van der Waals surface area contributed by atoms with Crippen molar-refractivity contribution in [3.63, 3.8) is 0 Å². The molecular weight excluding hydrogens is 845 g/mol. The van der Waals surface area contributed by atoms with Crippen LogP contribution >= 0.6 is 0 Å². The summed E-state index contributed by atoms with van der Waals surface area (Å²) in [5.74, 6) is 4.18. The average molecular weight is 903 g/mol. The van der Waals surface area contributed by atoms with E-state index >= 15 is 0 Å². The molecular formula is C68H58N2. The van der Waals surface area contributed by atoms with Crippen LogP contribution in [0, 0.1) is 35.5 Å². The fraction of sp³-hybridized carbons (Fsp3) is 0.265. The molecule has 1 saturated carbocycles. The first-order valence-corrected chi connectivity index (χ1v) is 26.7. The van der Waals surface area contributed by atoms with E-state index in [1.54, 1.807) is 11.1 Å². The van der Waals surface area contributed by atoms with E-state index in [0.717, 1.165) is 25.7 Å². The SMILES string of the molecule is CC1C(C2=C3C=CC=CC3C(N3c4cc5ccccc5c(N5c6ccccc6C6C=C7C=CCC7=CC65)c4C4C=CCC43)C=C2)=CC(C2C=CC=CC2)C2CC2C1c1cc2ccccc2c2c1C=CC2. The molecule has 0 N–H and O–H groups in total. The van der Waals surface area contributed by atoms with Crippen molar-refractivity contribution in [3.8, 4) is 0 Å². The lowest BCUT2D eigenvalue weighted by Gasteiger charge is -2.42. The molecule has 340 valence electrons. The van der Waals surface area contributed by atoms with Gasteiger partial charge < -0.3 is 9.80 Å². The Labute approximate surface area is 412 Å². The second-order valence-corrected chi connectivity index (χ2v) is 22.4. The van der Waals surface area contributed by atoms with Crippen molar-refractivity contribution in [1.29, 1.82) is 0 Å². The fourth-order valence-corrected chi connectivity index (χ4v) is 16.1.